The molecule has 0 atom stereocenters. The van der Waals surface area contributed by atoms with E-state index in [-0.39, 0.29) is 17.7 Å². The van der Waals surface area contributed by atoms with Crippen molar-refractivity contribution in [1.82, 2.24) is 9.88 Å². The zero-order valence-corrected chi connectivity index (χ0v) is 16.3. The smallest absolute Gasteiger partial charge is 0.253 e. The minimum atomic E-state index is -0.425. The Kier molecular flexibility index (Phi) is 5.09. The van der Waals surface area contributed by atoms with Gasteiger partial charge >= 0.3 is 0 Å². The Hall–Kier alpha value is -2.80. The third kappa shape index (κ3) is 3.89. The van der Waals surface area contributed by atoms with Gasteiger partial charge in [-0.25, -0.2) is 9.37 Å². The summed E-state index contributed by atoms with van der Waals surface area (Å²) >= 11 is 1.46. The van der Waals surface area contributed by atoms with Crippen LogP contribution in [0.2, 0.25) is 0 Å². The maximum absolute atomic E-state index is 13.3. The first-order valence-electron chi connectivity index (χ1n) is 9.22. The minimum absolute atomic E-state index is 0.0615. The molecule has 0 radical (unpaired) electrons. The van der Waals surface area contributed by atoms with Crippen LogP contribution in [0.4, 0.5) is 9.52 Å². The third-order valence-corrected chi connectivity index (χ3v) is 5.93. The number of nitrogens with zero attached hydrogens (tertiary/aromatic N) is 2. The van der Waals surface area contributed by atoms with Crippen LogP contribution in [0.3, 0.4) is 0 Å². The lowest BCUT2D eigenvalue weighted by Crippen LogP contribution is -2.41. The first kappa shape index (κ1) is 18.6. The molecular weight excluding hydrogens is 377 g/mol. The lowest BCUT2D eigenvalue weighted by molar-refractivity contribution is -0.121. The monoisotopic (exact) mass is 397 g/mol. The molecule has 1 aromatic heterocycles. The van der Waals surface area contributed by atoms with Gasteiger partial charge in [0.05, 0.1) is 10.2 Å². The molecule has 3 aromatic rings. The predicted molar refractivity (Wildman–Crippen MR) is 108 cm³/mol. The highest BCUT2D eigenvalue weighted by atomic mass is 32.1. The molecule has 1 aliphatic rings. The van der Waals surface area contributed by atoms with E-state index in [4.69, 9.17) is 0 Å². The number of hydrogen-bond donors (Lipinski definition) is 1. The van der Waals surface area contributed by atoms with Gasteiger partial charge in [-0.3, -0.25) is 9.59 Å². The van der Waals surface area contributed by atoms with Crippen LogP contribution in [0.15, 0.2) is 42.5 Å². The number of likely N-dealkylation sites (tertiary alicyclic amines) is 1. The molecule has 0 spiro atoms. The summed E-state index contributed by atoms with van der Waals surface area (Å²) in [5.74, 6) is -0.843. The molecule has 1 fully saturated rings. The van der Waals surface area contributed by atoms with Gasteiger partial charge in [0.1, 0.15) is 5.82 Å². The van der Waals surface area contributed by atoms with Gasteiger partial charge in [0, 0.05) is 24.6 Å². The van der Waals surface area contributed by atoms with E-state index in [9.17, 15) is 14.0 Å². The van der Waals surface area contributed by atoms with Crippen LogP contribution >= 0.6 is 11.3 Å². The summed E-state index contributed by atoms with van der Waals surface area (Å²) in [5.41, 5.74) is 2.37. The number of anilines is 1. The summed E-state index contributed by atoms with van der Waals surface area (Å²) in [4.78, 5) is 31.2. The molecule has 1 saturated heterocycles. The summed E-state index contributed by atoms with van der Waals surface area (Å²) < 4.78 is 14.4. The van der Waals surface area contributed by atoms with E-state index >= 15 is 0 Å². The van der Waals surface area contributed by atoms with Crippen LogP contribution in [-0.2, 0) is 4.79 Å². The van der Waals surface area contributed by atoms with Crippen LogP contribution in [0.5, 0.6) is 0 Å². The molecule has 144 valence electrons. The van der Waals surface area contributed by atoms with Gasteiger partial charge < -0.3 is 10.2 Å². The Balaban J connectivity index is 1.36. The first-order chi connectivity index (χ1) is 13.5. The highest BCUT2D eigenvalue weighted by molar-refractivity contribution is 7.22. The molecule has 4 rings (SSSR count). The molecule has 5 nitrogen and oxygen atoms in total. The van der Waals surface area contributed by atoms with Gasteiger partial charge in [0.15, 0.2) is 5.13 Å². The second-order valence-corrected chi connectivity index (χ2v) is 8.09. The first-order valence-corrected chi connectivity index (χ1v) is 10.0. The highest BCUT2D eigenvalue weighted by Gasteiger charge is 2.28. The molecule has 2 heterocycles. The quantitative estimate of drug-likeness (QED) is 0.719. The van der Waals surface area contributed by atoms with Crippen molar-refractivity contribution in [2.24, 2.45) is 5.92 Å². The number of piperidine rings is 1. The molecule has 1 N–H and O–H groups in total. The van der Waals surface area contributed by atoms with E-state index in [1.807, 2.05) is 19.1 Å². The molecular formula is C21H20FN3O2S. The number of benzene rings is 2. The normalized spacial score (nSPS) is 15.0. The van der Waals surface area contributed by atoms with Gasteiger partial charge in [0.25, 0.3) is 5.91 Å². The predicted octanol–water partition coefficient (Wildman–Crippen LogP) is 4.23. The molecule has 28 heavy (non-hydrogen) atoms. The Morgan fingerprint density at radius 3 is 2.71 bits per heavy atom. The topological polar surface area (TPSA) is 62.3 Å². The Bertz CT molecular complexity index is 1040. The number of amides is 2. The fourth-order valence-electron chi connectivity index (χ4n) is 3.44. The molecule has 0 saturated carbocycles. The number of rotatable bonds is 3. The fraction of sp³-hybridized carbons (Fsp3) is 0.286. The molecule has 2 aromatic carbocycles. The van der Waals surface area contributed by atoms with Crippen molar-refractivity contribution in [2.45, 2.75) is 19.8 Å². The van der Waals surface area contributed by atoms with Crippen molar-refractivity contribution < 1.29 is 14.0 Å². The SMILES string of the molecule is Cc1ccc2nc(NC(=O)C3CCN(C(=O)c4cccc(F)c4)CC3)sc2c1. The zero-order valence-electron chi connectivity index (χ0n) is 15.4. The van der Waals surface area contributed by atoms with Gasteiger partial charge in [0.2, 0.25) is 5.91 Å². The summed E-state index contributed by atoms with van der Waals surface area (Å²) in [6, 6.07) is 11.7. The summed E-state index contributed by atoms with van der Waals surface area (Å²) in [7, 11) is 0. The van der Waals surface area contributed by atoms with Crippen molar-refractivity contribution in [3.8, 4) is 0 Å². The average Bonchev–Trinajstić information content (AvgIpc) is 3.08. The minimum Gasteiger partial charge on any atom is -0.339 e. The van der Waals surface area contributed by atoms with Crippen LogP contribution in [0.25, 0.3) is 10.2 Å². The lowest BCUT2D eigenvalue weighted by Gasteiger charge is -2.31. The van der Waals surface area contributed by atoms with Crippen LogP contribution in [0.1, 0.15) is 28.8 Å². The number of aryl methyl sites for hydroxylation is 1. The van der Waals surface area contributed by atoms with E-state index in [1.165, 1.54) is 29.5 Å². The molecule has 7 heteroatoms. The number of halogens is 1. The van der Waals surface area contributed by atoms with E-state index in [2.05, 4.69) is 16.4 Å². The molecule has 0 unspecified atom stereocenters. The van der Waals surface area contributed by atoms with Crippen LogP contribution < -0.4 is 5.32 Å². The van der Waals surface area contributed by atoms with Crippen molar-refractivity contribution in [3.05, 3.63) is 59.4 Å². The molecule has 1 aliphatic heterocycles. The Morgan fingerprint density at radius 2 is 1.96 bits per heavy atom. The van der Waals surface area contributed by atoms with Gasteiger partial charge in [-0.15, -0.1) is 0 Å². The Morgan fingerprint density at radius 1 is 1.18 bits per heavy atom. The summed E-state index contributed by atoms with van der Waals surface area (Å²) in [6.45, 7) is 2.98. The fourth-order valence-corrected chi connectivity index (χ4v) is 4.41. The van der Waals surface area contributed by atoms with Gasteiger partial charge in [-0.05, 0) is 55.7 Å². The van der Waals surface area contributed by atoms with E-state index in [0.717, 1.165) is 15.8 Å². The van der Waals surface area contributed by atoms with Crippen molar-refractivity contribution in [1.29, 1.82) is 0 Å². The number of carbonyl (C=O) groups is 2. The molecule has 0 bridgehead atoms. The van der Waals surface area contributed by atoms with E-state index < -0.39 is 5.82 Å². The summed E-state index contributed by atoms with van der Waals surface area (Å²) in [5, 5.41) is 3.52. The van der Waals surface area contributed by atoms with Crippen LogP contribution in [0, 0.1) is 18.7 Å². The second-order valence-electron chi connectivity index (χ2n) is 7.06. The molecule has 2 amide bonds. The van der Waals surface area contributed by atoms with Gasteiger partial charge in [-0.1, -0.05) is 23.5 Å². The third-order valence-electron chi connectivity index (χ3n) is 5.00. The van der Waals surface area contributed by atoms with Gasteiger partial charge in [-0.2, -0.15) is 0 Å². The highest BCUT2D eigenvalue weighted by Crippen LogP contribution is 2.28. The lowest BCUT2D eigenvalue weighted by atomic mass is 9.95. The van der Waals surface area contributed by atoms with Crippen molar-refractivity contribution in [2.75, 3.05) is 18.4 Å². The van der Waals surface area contributed by atoms with E-state index in [1.54, 1.807) is 11.0 Å². The second kappa shape index (κ2) is 7.67. The number of carbonyl (C=O) groups excluding carboxylic acids is 2. The van der Waals surface area contributed by atoms with Crippen LogP contribution in [-0.4, -0.2) is 34.8 Å². The maximum Gasteiger partial charge on any atom is 0.253 e. The number of fused-ring (bicyclic) bond motifs is 1. The number of nitrogens with one attached hydrogen (secondary N) is 1. The largest absolute Gasteiger partial charge is 0.339 e. The standard InChI is InChI=1S/C21H20FN3O2S/c1-13-5-6-17-18(11-13)28-21(23-17)24-19(26)14-7-9-25(10-8-14)20(27)15-3-2-4-16(22)12-15/h2-6,11-12,14H,7-10H2,1H3,(H,23,24,26). The number of hydrogen-bond acceptors (Lipinski definition) is 4. The summed E-state index contributed by atoms with van der Waals surface area (Å²) in [6.07, 6.45) is 1.16. The number of aromatic nitrogens is 1. The molecule has 0 aliphatic carbocycles. The average molecular weight is 397 g/mol. The van der Waals surface area contributed by atoms with Crippen molar-refractivity contribution in [3.63, 3.8) is 0 Å². The van der Waals surface area contributed by atoms with Crippen molar-refractivity contribution >= 4 is 38.5 Å². The number of thiazole rings is 1. The van der Waals surface area contributed by atoms with E-state index in [0.29, 0.717) is 36.6 Å². The Labute approximate surface area is 166 Å². The zero-order chi connectivity index (χ0) is 19.7. The maximum atomic E-state index is 13.3.